The molecule has 92 valence electrons. The van der Waals surface area contributed by atoms with E-state index in [-0.39, 0.29) is 5.91 Å². The lowest BCUT2D eigenvalue weighted by atomic mass is 10.1. The summed E-state index contributed by atoms with van der Waals surface area (Å²) in [5.41, 5.74) is 6.74. The van der Waals surface area contributed by atoms with Crippen LogP contribution in [-0.4, -0.2) is 19.6 Å². The van der Waals surface area contributed by atoms with Crippen LogP contribution in [0, 0.1) is 0 Å². The summed E-state index contributed by atoms with van der Waals surface area (Å²) in [6.07, 6.45) is 3.61. The standard InChI is InChI=1S/C13H18N2O2/c1-3-4-5-8-15-13(16)10-6-7-12(17-2)11(14)9-10/h3,6-7,9H,1,4-5,8,14H2,2H3,(H,15,16). The van der Waals surface area contributed by atoms with E-state index in [1.807, 2.05) is 6.08 Å². The van der Waals surface area contributed by atoms with E-state index in [4.69, 9.17) is 10.5 Å². The van der Waals surface area contributed by atoms with Gasteiger partial charge in [0, 0.05) is 12.1 Å². The first-order chi connectivity index (χ1) is 8.19. The number of nitrogens with two attached hydrogens (primary N) is 1. The SMILES string of the molecule is C=CCCCNC(=O)c1ccc(OC)c(N)c1. The molecule has 0 aliphatic rings. The van der Waals surface area contributed by atoms with Crippen molar-refractivity contribution in [3.05, 3.63) is 36.4 Å². The van der Waals surface area contributed by atoms with Crippen LogP contribution in [-0.2, 0) is 0 Å². The highest BCUT2D eigenvalue weighted by molar-refractivity contribution is 5.95. The van der Waals surface area contributed by atoms with E-state index in [2.05, 4.69) is 11.9 Å². The van der Waals surface area contributed by atoms with E-state index >= 15 is 0 Å². The van der Waals surface area contributed by atoms with Gasteiger partial charge in [-0.3, -0.25) is 4.79 Å². The Kier molecular flexibility index (Phi) is 5.07. The molecule has 0 atom stereocenters. The number of nitrogen functional groups attached to an aromatic ring is 1. The van der Waals surface area contributed by atoms with Gasteiger partial charge in [0.2, 0.25) is 0 Å². The third-order valence-corrected chi connectivity index (χ3v) is 2.36. The minimum absolute atomic E-state index is 0.122. The average Bonchev–Trinajstić information content (AvgIpc) is 2.34. The molecule has 0 saturated carbocycles. The van der Waals surface area contributed by atoms with Gasteiger partial charge in [0.15, 0.2) is 0 Å². The number of ether oxygens (including phenoxy) is 1. The second-order valence-electron chi connectivity index (χ2n) is 3.64. The van der Waals surface area contributed by atoms with Crippen LogP contribution in [0.1, 0.15) is 23.2 Å². The molecule has 1 aromatic carbocycles. The monoisotopic (exact) mass is 234 g/mol. The lowest BCUT2D eigenvalue weighted by molar-refractivity contribution is 0.0953. The fraction of sp³-hybridized carbons (Fsp3) is 0.308. The van der Waals surface area contributed by atoms with Crippen molar-refractivity contribution in [1.29, 1.82) is 0 Å². The van der Waals surface area contributed by atoms with Gasteiger partial charge in [-0.05, 0) is 31.0 Å². The number of nitrogens with one attached hydrogen (secondary N) is 1. The molecule has 0 fully saturated rings. The zero-order valence-electron chi connectivity index (χ0n) is 10.0. The zero-order chi connectivity index (χ0) is 12.7. The van der Waals surface area contributed by atoms with Crippen molar-refractivity contribution < 1.29 is 9.53 Å². The highest BCUT2D eigenvalue weighted by atomic mass is 16.5. The maximum atomic E-state index is 11.7. The Balaban J connectivity index is 2.57. The number of methoxy groups -OCH3 is 1. The Labute approximate surface area is 101 Å². The molecule has 3 N–H and O–H groups in total. The molecule has 0 aliphatic carbocycles. The predicted octanol–water partition coefficient (Wildman–Crippen LogP) is 1.97. The van der Waals surface area contributed by atoms with Crippen LogP contribution in [0.4, 0.5) is 5.69 Å². The van der Waals surface area contributed by atoms with E-state index in [9.17, 15) is 4.79 Å². The number of amides is 1. The molecule has 1 rings (SSSR count). The first-order valence-electron chi connectivity index (χ1n) is 5.51. The molecular formula is C13H18N2O2. The average molecular weight is 234 g/mol. The van der Waals surface area contributed by atoms with Crippen LogP contribution < -0.4 is 15.8 Å². The molecule has 0 aliphatic heterocycles. The predicted molar refractivity (Wildman–Crippen MR) is 69.2 cm³/mol. The number of carbonyl (C=O) groups excluding carboxylic acids is 1. The van der Waals surface area contributed by atoms with Crippen molar-refractivity contribution in [3.8, 4) is 5.75 Å². The Morgan fingerprint density at radius 3 is 2.94 bits per heavy atom. The van der Waals surface area contributed by atoms with Crippen molar-refractivity contribution in [2.45, 2.75) is 12.8 Å². The van der Waals surface area contributed by atoms with Gasteiger partial charge in [-0.2, -0.15) is 0 Å². The molecule has 0 spiro atoms. The molecule has 0 unspecified atom stereocenters. The summed E-state index contributed by atoms with van der Waals surface area (Å²) < 4.78 is 5.03. The third kappa shape index (κ3) is 3.83. The number of benzene rings is 1. The molecule has 0 bridgehead atoms. The summed E-state index contributed by atoms with van der Waals surface area (Å²) in [6.45, 7) is 4.26. The van der Waals surface area contributed by atoms with E-state index in [0.29, 0.717) is 23.5 Å². The van der Waals surface area contributed by atoms with Gasteiger partial charge in [-0.25, -0.2) is 0 Å². The summed E-state index contributed by atoms with van der Waals surface area (Å²) in [7, 11) is 1.54. The maximum Gasteiger partial charge on any atom is 0.251 e. The van der Waals surface area contributed by atoms with Gasteiger partial charge in [0.05, 0.1) is 12.8 Å². The highest BCUT2D eigenvalue weighted by Gasteiger charge is 2.07. The molecule has 0 saturated heterocycles. The number of unbranched alkanes of at least 4 members (excludes halogenated alkanes) is 1. The lowest BCUT2D eigenvalue weighted by Gasteiger charge is -2.07. The number of carbonyl (C=O) groups is 1. The van der Waals surface area contributed by atoms with E-state index in [1.165, 1.54) is 0 Å². The van der Waals surface area contributed by atoms with E-state index < -0.39 is 0 Å². The van der Waals surface area contributed by atoms with Crippen LogP contribution in [0.15, 0.2) is 30.9 Å². The minimum atomic E-state index is -0.122. The summed E-state index contributed by atoms with van der Waals surface area (Å²) >= 11 is 0. The second kappa shape index (κ2) is 6.58. The van der Waals surface area contributed by atoms with Gasteiger partial charge >= 0.3 is 0 Å². The minimum Gasteiger partial charge on any atom is -0.495 e. The molecule has 0 radical (unpaired) electrons. The van der Waals surface area contributed by atoms with Crippen molar-refractivity contribution in [1.82, 2.24) is 5.32 Å². The van der Waals surface area contributed by atoms with Crippen molar-refractivity contribution in [3.63, 3.8) is 0 Å². The molecule has 4 heteroatoms. The smallest absolute Gasteiger partial charge is 0.251 e. The molecule has 4 nitrogen and oxygen atoms in total. The van der Waals surface area contributed by atoms with Crippen LogP contribution >= 0.6 is 0 Å². The Hall–Kier alpha value is -1.97. The molecule has 17 heavy (non-hydrogen) atoms. The van der Waals surface area contributed by atoms with Gasteiger partial charge < -0.3 is 15.8 Å². The fourth-order valence-corrected chi connectivity index (χ4v) is 1.43. The normalized spacial score (nSPS) is 9.71. The van der Waals surface area contributed by atoms with Gasteiger partial charge in [-0.15, -0.1) is 6.58 Å². The number of hydrogen-bond acceptors (Lipinski definition) is 3. The highest BCUT2D eigenvalue weighted by Crippen LogP contribution is 2.21. The van der Waals surface area contributed by atoms with Crippen LogP contribution in [0.2, 0.25) is 0 Å². The van der Waals surface area contributed by atoms with Gasteiger partial charge in [0.25, 0.3) is 5.91 Å². The van der Waals surface area contributed by atoms with Crippen LogP contribution in [0.25, 0.3) is 0 Å². The largest absolute Gasteiger partial charge is 0.495 e. The lowest BCUT2D eigenvalue weighted by Crippen LogP contribution is -2.24. The first kappa shape index (κ1) is 13.1. The molecule has 1 aromatic rings. The van der Waals surface area contributed by atoms with Crippen LogP contribution in [0.3, 0.4) is 0 Å². The molecular weight excluding hydrogens is 216 g/mol. The number of anilines is 1. The summed E-state index contributed by atoms with van der Waals surface area (Å²) in [4.78, 5) is 11.7. The summed E-state index contributed by atoms with van der Waals surface area (Å²) in [5, 5.41) is 2.82. The van der Waals surface area contributed by atoms with Crippen LogP contribution in [0.5, 0.6) is 5.75 Å². The number of hydrogen-bond donors (Lipinski definition) is 2. The zero-order valence-corrected chi connectivity index (χ0v) is 10.0. The van der Waals surface area contributed by atoms with Gasteiger partial charge in [-0.1, -0.05) is 6.08 Å². The maximum absolute atomic E-state index is 11.7. The Morgan fingerprint density at radius 1 is 1.59 bits per heavy atom. The van der Waals surface area contributed by atoms with E-state index in [0.717, 1.165) is 12.8 Å². The summed E-state index contributed by atoms with van der Waals surface area (Å²) in [6, 6.07) is 4.99. The van der Waals surface area contributed by atoms with E-state index in [1.54, 1.807) is 25.3 Å². The molecule has 0 heterocycles. The first-order valence-corrected chi connectivity index (χ1v) is 5.51. The number of allylic oxidation sites excluding steroid dienone is 1. The second-order valence-corrected chi connectivity index (χ2v) is 3.64. The molecule has 1 amide bonds. The van der Waals surface area contributed by atoms with Gasteiger partial charge in [0.1, 0.15) is 5.75 Å². The third-order valence-electron chi connectivity index (χ3n) is 2.36. The quantitative estimate of drug-likeness (QED) is 0.449. The fourth-order valence-electron chi connectivity index (χ4n) is 1.43. The Morgan fingerprint density at radius 2 is 2.35 bits per heavy atom. The van der Waals surface area contributed by atoms with Crippen molar-refractivity contribution in [2.75, 3.05) is 19.4 Å². The Bertz CT molecular complexity index is 402. The van der Waals surface area contributed by atoms with Crippen molar-refractivity contribution >= 4 is 11.6 Å². The molecule has 0 aromatic heterocycles. The van der Waals surface area contributed by atoms with Crippen molar-refractivity contribution in [2.24, 2.45) is 0 Å². The number of rotatable bonds is 6. The topological polar surface area (TPSA) is 64.3 Å². The summed E-state index contributed by atoms with van der Waals surface area (Å²) in [5.74, 6) is 0.455.